The first kappa shape index (κ1) is 16.6. The monoisotopic (exact) mass is 166 g/mol. The number of hydrogen-bond donors (Lipinski definition) is 0. The van der Waals surface area contributed by atoms with Crippen LogP contribution in [-0.2, 0) is 0 Å². The van der Waals surface area contributed by atoms with Gasteiger partial charge in [-0.05, 0) is 10.4 Å². The number of aromatic nitrogens is 4. The van der Waals surface area contributed by atoms with Crippen LogP contribution >= 0.6 is 0 Å². The highest BCUT2D eigenvalue weighted by Gasteiger charge is 1.61. The van der Waals surface area contributed by atoms with Crippen LogP contribution in [0.1, 0.15) is 0 Å². The minimum Gasteiger partial charge on any atom is -0.136 e. The van der Waals surface area contributed by atoms with Crippen LogP contribution in [0, 0.1) is 0 Å². The van der Waals surface area contributed by atoms with E-state index >= 15 is 0 Å². The van der Waals surface area contributed by atoms with Crippen LogP contribution in [0.3, 0.4) is 0 Å². The second-order valence-corrected chi connectivity index (χ2v) is 0.708. The summed E-state index contributed by atoms with van der Waals surface area (Å²) in [6.07, 6.45) is 2.93. The number of hydrogen-bond acceptors (Lipinski definition) is 4. The van der Waals surface area contributed by atoms with Crippen molar-refractivity contribution in [3.05, 3.63) is 51.9 Å². The molecule has 0 radical (unpaired) electrons. The first-order chi connectivity index (χ1) is 6.00. The molecule has 0 aliphatic carbocycles. The smallest absolute Gasteiger partial charge is 0.0716 e. The molecule has 1 aromatic heterocycles. The summed E-state index contributed by atoms with van der Waals surface area (Å²) in [4.78, 5) is 0. The minimum atomic E-state index is 1.47. The Hall–Kier alpha value is -1.84. The molecule has 0 bridgehead atoms. The third kappa shape index (κ3) is 24.2. The van der Waals surface area contributed by atoms with Gasteiger partial charge in [0.25, 0.3) is 0 Å². The molecule has 1 heterocycles. The van der Waals surface area contributed by atoms with Gasteiger partial charge in [-0.3, -0.25) is 0 Å². The highest BCUT2D eigenvalue weighted by Crippen LogP contribution is 1.53. The van der Waals surface area contributed by atoms with E-state index in [0.717, 1.165) is 0 Å². The lowest BCUT2D eigenvalue weighted by Crippen LogP contribution is -1.84. The van der Waals surface area contributed by atoms with E-state index in [2.05, 4.69) is 60.1 Å². The Kier molecular flexibility index (Phi) is 48.8. The molecular formula is C8H14N4. The summed E-state index contributed by atoms with van der Waals surface area (Å²) in [6.45, 7) is 18.0. The van der Waals surface area contributed by atoms with E-state index in [1.165, 1.54) is 12.4 Å². The normalized spacial score (nSPS) is 5.00. The Morgan fingerprint density at radius 2 is 0.833 bits per heavy atom. The van der Waals surface area contributed by atoms with Gasteiger partial charge in [0, 0.05) is 0 Å². The van der Waals surface area contributed by atoms with Gasteiger partial charge in [0.2, 0.25) is 0 Å². The van der Waals surface area contributed by atoms with Gasteiger partial charge in [-0.2, -0.15) is 0 Å². The van der Waals surface area contributed by atoms with Crippen LogP contribution in [0.4, 0.5) is 0 Å². The largest absolute Gasteiger partial charge is 0.136 e. The molecule has 1 rings (SSSR count). The third-order valence-corrected chi connectivity index (χ3v) is 0.343. The van der Waals surface area contributed by atoms with Crippen molar-refractivity contribution in [3.8, 4) is 0 Å². The van der Waals surface area contributed by atoms with Crippen LogP contribution < -0.4 is 0 Å². The average Bonchev–Trinajstić information content (AvgIpc) is 2.29. The first-order valence-corrected chi connectivity index (χ1v) is 2.95. The van der Waals surface area contributed by atoms with E-state index < -0.39 is 0 Å². The maximum absolute atomic E-state index is 3.36. The van der Waals surface area contributed by atoms with Gasteiger partial charge < -0.3 is 0 Å². The molecule has 0 aliphatic rings. The fraction of sp³-hybridized carbons (Fsp3) is 0. The lowest BCUT2D eigenvalue weighted by Gasteiger charge is -1.67. The number of rotatable bonds is 0. The van der Waals surface area contributed by atoms with Crippen molar-refractivity contribution in [2.75, 3.05) is 0 Å². The molecular weight excluding hydrogens is 152 g/mol. The summed E-state index contributed by atoms with van der Waals surface area (Å²) in [5, 5.41) is 13.1. The maximum atomic E-state index is 3.36. The summed E-state index contributed by atoms with van der Waals surface area (Å²) < 4.78 is 0. The molecule has 4 heteroatoms. The van der Waals surface area contributed by atoms with Crippen LogP contribution in [0.15, 0.2) is 51.9 Å². The molecule has 66 valence electrons. The molecule has 0 unspecified atom stereocenters. The zero-order chi connectivity index (χ0) is 10.2. The molecule has 0 atom stereocenters. The van der Waals surface area contributed by atoms with Crippen LogP contribution in [0.5, 0.6) is 0 Å². The van der Waals surface area contributed by atoms with Gasteiger partial charge >= 0.3 is 0 Å². The second kappa shape index (κ2) is 35.2. The molecule has 0 aliphatic heterocycles. The van der Waals surface area contributed by atoms with Crippen LogP contribution in [0.2, 0.25) is 0 Å². The van der Waals surface area contributed by atoms with Crippen molar-refractivity contribution in [1.29, 1.82) is 0 Å². The van der Waals surface area contributed by atoms with Crippen molar-refractivity contribution in [2.45, 2.75) is 0 Å². The van der Waals surface area contributed by atoms with E-state index in [1.807, 2.05) is 0 Å². The van der Waals surface area contributed by atoms with Gasteiger partial charge in [-0.1, -0.05) is 0 Å². The van der Waals surface area contributed by atoms with Crippen molar-refractivity contribution in [2.24, 2.45) is 0 Å². The zero-order valence-electron chi connectivity index (χ0n) is 7.19. The quantitative estimate of drug-likeness (QED) is 0.550. The summed E-state index contributed by atoms with van der Waals surface area (Å²) in [5.41, 5.74) is 0. The summed E-state index contributed by atoms with van der Waals surface area (Å²) >= 11 is 0. The van der Waals surface area contributed by atoms with Crippen molar-refractivity contribution >= 4 is 0 Å². The summed E-state index contributed by atoms with van der Waals surface area (Å²) in [5.74, 6) is 0. The molecule has 0 saturated heterocycles. The van der Waals surface area contributed by atoms with Crippen molar-refractivity contribution < 1.29 is 0 Å². The fourth-order valence-electron chi connectivity index (χ4n) is 0.165. The second-order valence-electron chi connectivity index (χ2n) is 0.708. The first-order valence-electron chi connectivity index (χ1n) is 2.95. The van der Waals surface area contributed by atoms with Crippen molar-refractivity contribution in [3.63, 3.8) is 0 Å². The minimum absolute atomic E-state index is 1.47. The molecule has 0 amide bonds. The zero-order valence-corrected chi connectivity index (χ0v) is 7.19. The Morgan fingerprint density at radius 1 is 0.583 bits per heavy atom. The van der Waals surface area contributed by atoms with Crippen molar-refractivity contribution in [1.82, 2.24) is 20.6 Å². The highest BCUT2D eigenvalue weighted by molar-refractivity contribution is 4.52. The van der Waals surface area contributed by atoms with Crippen LogP contribution in [0.25, 0.3) is 0 Å². The molecule has 1 aromatic rings. The van der Waals surface area contributed by atoms with Gasteiger partial charge in [-0.25, -0.2) is 0 Å². The van der Waals surface area contributed by atoms with E-state index in [1.54, 1.807) is 0 Å². The highest BCUT2D eigenvalue weighted by atomic mass is 15.4. The van der Waals surface area contributed by atoms with Gasteiger partial charge in [0.15, 0.2) is 0 Å². The molecule has 0 saturated carbocycles. The Balaban J connectivity index is -0.000000117. The molecule has 12 heavy (non-hydrogen) atoms. The fourth-order valence-corrected chi connectivity index (χ4v) is 0.165. The van der Waals surface area contributed by atoms with E-state index in [0.29, 0.717) is 0 Å². The Morgan fingerprint density at radius 3 is 0.917 bits per heavy atom. The van der Waals surface area contributed by atoms with Gasteiger partial charge in [0.05, 0.1) is 12.4 Å². The third-order valence-electron chi connectivity index (χ3n) is 0.343. The Labute approximate surface area is 73.4 Å². The molecule has 0 N–H and O–H groups in total. The lowest BCUT2D eigenvalue weighted by atomic mass is 11.0. The maximum Gasteiger partial charge on any atom is 0.0716 e. The Bertz CT molecular complexity index is 112. The molecule has 4 nitrogen and oxygen atoms in total. The molecule has 0 aromatic carbocycles. The van der Waals surface area contributed by atoms with Crippen LogP contribution in [-0.4, -0.2) is 20.6 Å². The molecule has 0 fully saturated rings. The predicted octanol–water partition coefficient (Wildman–Crippen LogP) is 1.67. The topological polar surface area (TPSA) is 51.6 Å². The summed E-state index contributed by atoms with van der Waals surface area (Å²) in [6, 6.07) is 0. The van der Waals surface area contributed by atoms with E-state index in [4.69, 9.17) is 0 Å². The lowest BCUT2D eigenvalue weighted by molar-refractivity contribution is 0.761. The summed E-state index contributed by atoms with van der Waals surface area (Å²) in [7, 11) is 0. The number of nitrogens with zero attached hydrogens (tertiary/aromatic N) is 4. The SMILES string of the molecule is C=C.C=C.C=C.c1cnnnn1. The van der Waals surface area contributed by atoms with Gasteiger partial charge in [-0.15, -0.1) is 49.7 Å². The standard InChI is InChI=1S/C2H2N4.3C2H4/c1-2-4-6-5-3-1;3*1-2/h1-2H;3*1-2H2. The van der Waals surface area contributed by atoms with E-state index in [-0.39, 0.29) is 0 Å². The average molecular weight is 166 g/mol. The van der Waals surface area contributed by atoms with E-state index in [9.17, 15) is 0 Å². The predicted molar refractivity (Wildman–Crippen MR) is 51.4 cm³/mol. The van der Waals surface area contributed by atoms with Gasteiger partial charge in [0.1, 0.15) is 0 Å². The molecule has 0 spiro atoms.